The van der Waals surface area contributed by atoms with Gasteiger partial charge in [0.1, 0.15) is 17.6 Å². The first-order chi connectivity index (χ1) is 16.5. The lowest BCUT2D eigenvalue weighted by Crippen LogP contribution is -2.52. The van der Waals surface area contributed by atoms with Crippen LogP contribution < -0.4 is 10.2 Å². The zero-order valence-electron chi connectivity index (χ0n) is 19.9. The number of anilines is 2. The van der Waals surface area contributed by atoms with E-state index in [1.165, 1.54) is 16.8 Å². The first kappa shape index (κ1) is 21.9. The summed E-state index contributed by atoms with van der Waals surface area (Å²) in [4.78, 5) is 26.7. The van der Waals surface area contributed by atoms with E-state index in [9.17, 15) is 4.79 Å². The summed E-state index contributed by atoms with van der Waals surface area (Å²) in [5, 5.41) is 3.46. The van der Waals surface area contributed by atoms with Gasteiger partial charge in [0.15, 0.2) is 5.65 Å². The number of carbonyl (C=O) groups excluding carboxylic acids is 1. The molecule has 34 heavy (non-hydrogen) atoms. The summed E-state index contributed by atoms with van der Waals surface area (Å²) in [7, 11) is 0. The van der Waals surface area contributed by atoms with Gasteiger partial charge in [-0.15, -0.1) is 0 Å². The zero-order chi connectivity index (χ0) is 23.7. The van der Waals surface area contributed by atoms with Crippen LogP contribution in [0.15, 0.2) is 67.1 Å². The van der Waals surface area contributed by atoms with Crippen LogP contribution in [0.25, 0.3) is 16.9 Å². The molecule has 0 saturated carbocycles. The van der Waals surface area contributed by atoms with Crippen LogP contribution in [0.1, 0.15) is 18.1 Å². The highest BCUT2D eigenvalue weighted by Gasteiger charge is 2.27. The Morgan fingerprint density at radius 2 is 1.68 bits per heavy atom. The summed E-state index contributed by atoms with van der Waals surface area (Å²) in [6, 6.07) is 16.0. The third kappa shape index (κ3) is 4.09. The Kier molecular flexibility index (Phi) is 5.92. The van der Waals surface area contributed by atoms with E-state index in [4.69, 9.17) is 4.98 Å². The Labute approximate surface area is 200 Å². The van der Waals surface area contributed by atoms with Gasteiger partial charge in [0, 0.05) is 49.8 Å². The number of rotatable bonds is 5. The molecular weight excluding hydrogens is 424 g/mol. The number of carbonyl (C=O) groups is 1. The minimum Gasteiger partial charge on any atom is -0.368 e. The van der Waals surface area contributed by atoms with E-state index < -0.39 is 0 Å². The van der Waals surface area contributed by atoms with Gasteiger partial charge in [-0.2, -0.15) is 0 Å². The van der Waals surface area contributed by atoms with Crippen molar-refractivity contribution in [1.82, 2.24) is 19.3 Å². The Hall–Kier alpha value is -3.87. The van der Waals surface area contributed by atoms with E-state index in [0.717, 1.165) is 35.8 Å². The number of fused-ring (bicyclic) bond motifs is 1. The van der Waals surface area contributed by atoms with Crippen molar-refractivity contribution in [2.45, 2.75) is 26.8 Å². The number of piperazine rings is 1. The highest BCUT2D eigenvalue weighted by molar-refractivity contribution is 5.86. The number of hydrogen-bond acceptors (Lipinski definition) is 5. The standard InChI is InChI=1S/C27H30N6O/c1-19-8-7-9-20(2)25(19)31-14-16-32(17-15-31)27(34)21(3)29-26-24(22-10-5-4-6-11-22)30-23-18-28-12-13-33(23)26/h4-13,18,21,29H,14-17H2,1-3H3. The minimum atomic E-state index is -0.387. The molecule has 3 heterocycles. The number of para-hydroxylation sites is 1. The number of hydrogen-bond donors (Lipinski definition) is 1. The molecule has 1 N–H and O–H groups in total. The molecule has 2 aromatic heterocycles. The average molecular weight is 455 g/mol. The molecule has 2 aromatic carbocycles. The normalized spacial score (nSPS) is 14.9. The molecule has 1 saturated heterocycles. The zero-order valence-corrected chi connectivity index (χ0v) is 19.9. The van der Waals surface area contributed by atoms with Gasteiger partial charge in [-0.1, -0.05) is 48.5 Å². The molecule has 1 atom stereocenters. The molecular formula is C27H30N6O. The monoisotopic (exact) mass is 454 g/mol. The number of nitrogens with zero attached hydrogens (tertiary/aromatic N) is 5. The second-order valence-electron chi connectivity index (χ2n) is 8.90. The van der Waals surface area contributed by atoms with Gasteiger partial charge in [0.25, 0.3) is 0 Å². The lowest BCUT2D eigenvalue weighted by atomic mass is 10.1. The Bertz CT molecular complexity index is 1290. The van der Waals surface area contributed by atoms with Crippen LogP contribution in [0.3, 0.4) is 0 Å². The van der Waals surface area contributed by atoms with Crippen molar-refractivity contribution in [3.63, 3.8) is 0 Å². The Morgan fingerprint density at radius 3 is 2.38 bits per heavy atom. The van der Waals surface area contributed by atoms with E-state index >= 15 is 0 Å². The van der Waals surface area contributed by atoms with Crippen molar-refractivity contribution >= 4 is 23.1 Å². The first-order valence-electron chi connectivity index (χ1n) is 11.8. The maximum atomic E-state index is 13.4. The summed E-state index contributed by atoms with van der Waals surface area (Å²) in [5.41, 5.74) is 6.41. The fourth-order valence-corrected chi connectivity index (χ4v) is 4.84. The molecule has 1 fully saturated rings. The number of benzene rings is 2. The van der Waals surface area contributed by atoms with Gasteiger partial charge < -0.3 is 15.1 Å². The largest absolute Gasteiger partial charge is 0.368 e. The molecule has 0 aliphatic carbocycles. The molecule has 1 unspecified atom stereocenters. The summed E-state index contributed by atoms with van der Waals surface area (Å²) < 4.78 is 1.96. The van der Waals surface area contributed by atoms with Crippen molar-refractivity contribution in [1.29, 1.82) is 0 Å². The maximum absolute atomic E-state index is 13.4. The van der Waals surface area contributed by atoms with Gasteiger partial charge in [-0.3, -0.25) is 14.2 Å². The summed E-state index contributed by atoms with van der Waals surface area (Å²) >= 11 is 0. The SMILES string of the molecule is Cc1cccc(C)c1N1CCN(C(=O)C(C)Nc2c(-c3ccccc3)nc3cnccn23)CC1. The Morgan fingerprint density at radius 1 is 0.971 bits per heavy atom. The van der Waals surface area contributed by atoms with Crippen LogP contribution in [-0.2, 0) is 4.79 Å². The average Bonchev–Trinajstić information content (AvgIpc) is 3.23. The molecule has 1 aliphatic rings. The van der Waals surface area contributed by atoms with E-state index in [1.807, 2.05) is 52.8 Å². The van der Waals surface area contributed by atoms with Crippen LogP contribution in [0, 0.1) is 13.8 Å². The molecule has 0 radical (unpaired) electrons. The van der Waals surface area contributed by atoms with Crippen LogP contribution in [0.5, 0.6) is 0 Å². The van der Waals surface area contributed by atoms with E-state index in [0.29, 0.717) is 13.1 Å². The summed E-state index contributed by atoms with van der Waals surface area (Å²) in [6.45, 7) is 9.32. The molecule has 0 spiro atoms. The fraction of sp³-hybridized carbons (Fsp3) is 0.296. The summed E-state index contributed by atoms with van der Waals surface area (Å²) in [6.07, 6.45) is 5.34. The molecule has 7 nitrogen and oxygen atoms in total. The number of amides is 1. The number of nitrogens with one attached hydrogen (secondary N) is 1. The first-order valence-corrected chi connectivity index (χ1v) is 11.8. The van der Waals surface area contributed by atoms with Crippen LogP contribution in [-0.4, -0.2) is 57.4 Å². The Balaban J connectivity index is 1.33. The second kappa shape index (κ2) is 9.17. The van der Waals surface area contributed by atoms with Gasteiger partial charge in [-0.05, 0) is 31.9 Å². The number of aromatic nitrogens is 3. The smallest absolute Gasteiger partial charge is 0.244 e. The van der Waals surface area contributed by atoms with E-state index in [2.05, 4.69) is 47.2 Å². The van der Waals surface area contributed by atoms with Crippen molar-refractivity contribution in [2.75, 3.05) is 36.4 Å². The predicted octanol–water partition coefficient (Wildman–Crippen LogP) is 4.16. The third-order valence-electron chi connectivity index (χ3n) is 6.55. The van der Waals surface area contributed by atoms with Crippen LogP contribution in [0.4, 0.5) is 11.5 Å². The van der Waals surface area contributed by atoms with Crippen molar-refractivity contribution < 1.29 is 4.79 Å². The fourth-order valence-electron chi connectivity index (χ4n) is 4.84. The highest BCUT2D eigenvalue weighted by atomic mass is 16.2. The predicted molar refractivity (Wildman–Crippen MR) is 136 cm³/mol. The van der Waals surface area contributed by atoms with Gasteiger partial charge in [0.2, 0.25) is 5.91 Å². The van der Waals surface area contributed by atoms with E-state index in [-0.39, 0.29) is 11.9 Å². The summed E-state index contributed by atoms with van der Waals surface area (Å²) in [5.74, 6) is 0.905. The van der Waals surface area contributed by atoms with Crippen molar-refractivity contribution in [3.8, 4) is 11.3 Å². The lowest BCUT2D eigenvalue weighted by molar-refractivity contribution is -0.131. The molecule has 4 aromatic rings. The molecule has 1 amide bonds. The van der Waals surface area contributed by atoms with Crippen LogP contribution in [0.2, 0.25) is 0 Å². The van der Waals surface area contributed by atoms with Gasteiger partial charge in [0.05, 0.1) is 6.20 Å². The molecule has 7 heteroatoms. The van der Waals surface area contributed by atoms with Crippen LogP contribution >= 0.6 is 0 Å². The molecule has 0 bridgehead atoms. The molecule has 5 rings (SSSR count). The molecule has 1 aliphatic heterocycles. The van der Waals surface area contributed by atoms with Crippen molar-refractivity contribution in [2.24, 2.45) is 0 Å². The van der Waals surface area contributed by atoms with Gasteiger partial charge >= 0.3 is 0 Å². The second-order valence-corrected chi connectivity index (χ2v) is 8.90. The third-order valence-corrected chi connectivity index (χ3v) is 6.55. The lowest BCUT2D eigenvalue weighted by Gasteiger charge is -2.38. The number of imidazole rings is 1. The quantitative estimate of drug-likeness (QED) is 0.491. The maximum Gasteiger partial charge on any atom is 0.244 e. The van der Waals surface area contributed by atoms with Gasteiger partial charge in [-0.25, -0.2) is 4.98 Å². The topological polar surface area (TPSA) is 65.8 Å². The highest BCUT2D eigenvalue weighted by Crippen LogP contribution is 2.29. The van der Waals surface area contributed by atoms with Crippen molar-refractivity contribution in [3.05, 3.63) is 78.2 Å². The molecule has 174 valence electrons. The minimum absolute atomic E-state index is 0.101. The van der Waals surface area contributed by atoms with E-state index in [1.54, 1.807) is 12.4 Å². The number of aryl methyl sites for hydroxylation is 2.